The van der Waals surface area contributed by atoms with Crippen LogP contribution in [0.1, 0.15) is 60.3 Å². The average molecular weight is 391 g/mol. The Morgan fingerprint density at radius 2 is 2.21 bits per heavy atom. The molecule has 5 heteroatoms. The van der Waals surface area contributed by atoms with Gasteiger partial charge >= 0.3 is 0 Å². The smallest absolute Gasteiger partial charge is 0.142 e. The molecule has 2 aliphatic rings. The van der Waals surface area contributed by atoms with Crippen molar-refractivity contribution in [3.63, 3.8) is 0 Å². The van der Waals surface area contributed by atoms with Crippen LogP contribution in [0.25, 0.3) is 11.3 Å². The van der Waals surface area contributed by atoms with E-state index in [1.165, 1.54) is 11.1 Å². The number of anilines is 1. The highest BCUT2D eigenvalue weighted by atomic mass is 16.5. The van der Waals surface area contributed by atoms with Gasteiger partial charge in [-0.1, -0.05) is 18.2 Å². The molecule has 2 aromatic rings. The van der Waals surface area contributed by atoms with E-state index in [2.05, 4.69) is 47.6 Å². The Hall–Kier alpha value is -2.42. The van der Waals surface area contributed by atoms with E-state index < -0.39 is 0 Å². The maximum absolute atomic E-state index is 9.70. The fraction of sp³-hybridized carbons (Fsp3) is 0.500. The zero-order chi connectivity index (χ0) is 20.2. The Labute approximate surface area is 173 Å². The second-order valence-corrected chi connectivity index (χ2v) is 8.29. The maximum atomic E-state index is 9.70. The van der Waals surface area contributed by atoms with Gasteiger partial charge in [-0.05, 0) is 80.7 Å². The lowest BCUT2D eigenvalue weighted by molar-refractivity contribution is 0.104. The molecule has 5 nitrogen and oxygen atoms in total. The van der Waals surface area contributed by atoms with Crippen molar-refractivity contribution in [3.05, 3.63) is 46.5 Å². The molecule has 3 heterocycles. The maximum Gasteiger partial charge on any atom is 0.142 e. The first kappa shape index (κ1) is 19.9. The molecule has 2 unspecified atom stereocenters. The number of nitrogens with zero attached hydrogens (tertiary/aromatic N) is 2. The van der Waals surface area contributed by atoms with Crippen LogP contribution in [0.2, 0.25) is 0 Å². The van der Waals surface area contributed by atoms with E-state index in [0.717, 1.165) is 75.0 Å². The van der Waals surface area contributed by atoms with Gasteiger partial charge in [0.25, 0.3) is 0 Å². The number of pyridine rings is 1. The van der Waals surface area contributed by atoms with E-state index >= 15 is 0 Å². The van der Waals surface area contributed by atoms with Crippen molar-refractivity contribution >= 4 is 5.82 Å². The molecule has 2 atom stereocenters. The summed E-state index contributed by atoms with van der Waals surface area (Å²) in [7, 11) is 0. The minimum Gasteiger partial charge on any atom is -0.383 e. The predicted molar refractivity (Wildman–Crippen MR) is 116 cm³/mol. The van der Waals surface area contributed by atoms with Gasteiger partial charge in [0.15, 0.2) is 0 Å². The summed E-state index contributed by atoms with van der Waals surface area (Å²) in [5.41, 5.74) is 12.4. The molecule has 2 aliphatic heterocycles. The van der Waals surface area contributed by atoms with Gasteiger partial charge in [0.2, 0.25) is 0 Å². The molecule has 0 spiro atoms. The van der Waals surface area contributed by atoms with Crippen LogP contribution < -0.4 is 11.1 Å². The Morgan fingerprint density at radius 3 is 2.93 bits per heavy atom. The van der Waals surface area contributed by atoms with Gasteiger partial charge in [-0.15, -0.1) is 0 Å². The summed E-state index contributed by atoms with van der Waals surface area (Å²) in [4.78, 5) is 4.67. The van der Waals surface area contributed by atoms with E-state index in [4.69, 9.17) is 10.5 Å². The summed E-state index contributed by atoms with van der Waals surface area (Å²) >= 11 is 0. The predicted octanol–water partition coefficient (Wildman–Crippen LogP) is 4.09. The number of benzene rings is 1. The zero-order valence-electron chi connectivity index (χ0n) is 17.2. The molecule has 3 N–H and O–H groups in total. The highest BCUT2D eigenvalue weighted by molar-refractivity contribution is 5.72. The number of aryl methyl sites for hydroxylation is 2. The number of hydrogen-bond donors (Lipinski definition) is 2. The molecule has 152 valence electrons. The van der Waals surface area contributed by atoms with Gasteiger partial charge in [0.05, 0.1) is 17.4 Å². The van der Waals surface area contributed by atoms with Crippen molar-refractivity contribution in [2.45, 2.75) is 57.5 Å². The molecule has 29 heavy (non-hydrogen) atoms. The number of nitrogens with one attached hydrogen (secondary N) is 1. The Morgan fingerprint density at radius 1 is 1.31 bits per heavy atom. The third-order valence-electron chi connectivity index (χ3n) is 6.30. The van der Waals surface area contributed by atoms with Crippen molar-refractivity contribution < 1.29 is 4.74 Å². The Bertz CT molecular complexity index is 906. The number of ether oxygens (including phenoxy) is 1. The fourth-order valence-electron chi connectivity index (χ4n) is 4.77. The van der Waals surface area contributed by atoms with E-state index in [1.807, 2.05) is 0 Å². The van der Waals surface area contributed by atoms with Crippen molar-refractivity contribution in [2.24, 2.45) is 0 Å². The minimum atomic E-state index is 0.307. The lowest BCUT2D eigenvalue weighted by Gasteiger charge is -2.25. The van der Waals surface area contributed by atoms with Gasteiger partial charge in [-0.3, -0.25) is 0 Å². The van der Waals surface area contributed by atoms with Gasteiger partial charge in [0.1, 0.15) is 11.9 Å². The van der Waals surface area contributed by atoms with E-state index in [1.54, 1.807) is 0 Å². The molecule has 1 aromatic heterocycles. The average Bonchev–Trinajstić information content (AvgIpc) is 3.26. The van der Waals surface area contributed by atoms with Crippen LogP contribution >= 0.6 is 0 Å². The molecule has 4 rings (SSSR count). The monoisotopic (exact) mass is 390 g/mol. The van der Waals surface area contributed by atoms with Crippen molar-refractivity contribution in [1.29, 1.82) is 5.26 Å². The lowest BCUT2D eigenvalue weighted by Crippen LogP contribution is -2.29. The largest absolute Gasteiger partial charge is 0.383 e. The second-order valence-electron chi connectivity index (χ2n) is 8.29. The normalized spacial score (nSPS) is 21.8. The summed E-state index contributed by atoms with van der Waals surface area (Å²) < 4.78 is 5.82. The van der Waals surface area contributed by atoms with Crippen LogP contribution in [0.4, 0.5) is 5.82 Å². The van der Waals surface area contributed by atoms with Gasteiger partial charge in [0, 0.05) is 18.7 Å². The first-order valence-corrected chi connectivity index (χ1v) is 10.8. The van der Waals surface area contributed by atoms with Gasteiger partial charge < -0.3 is 15.8 Å². The van der Waals surface area contributed by atoms with Crippen molar-refractivity contribution in [2.75, 3.05) is 25.4 Å². The second kappa shape index (κ2) is 8.94. The van der Waals surface area contributed by atoms with E-state index in [9.17, 15) is 5.26 Å². The first-order valence-electron chi connectivity index (χ1n) is 10.8. The van der Waals surface area contributed by atoms with E-state index in [0.29, 0.717) is 23.4 Å². The Kier molecular flexibility index (Phi) is 6.13. The summed E-state index contributed by atoms with van der Waals surface area (Å²) in [6.45, 7) is 4.94. The number of rotatable bonds is 5. The van der Waals surface area contributed by atoms with Gasteiger partial charge in [-0.25, -0.2) is 4.98 Å². The standard InChI is InChI=1S/C24H30N4O/c1-16-5-2-6-17(9-10-19-8-4-12-29-19)23(16)22-13-20(18-7-3-11-27-15-18)21(14-25)24(26)28-22/h2,5-6,13,18-19,27H,3-4,7-12,15H2,1H3,(H2,26,28). The van der Waals surface area contributed by atoms with Crippen molar-refractivity contribution in [3.8, 4) is 17.3 Å². The molecule has 2 saturated heterocycles. The number of nitrogen functional groups attached to an aromatic ring is 1. The molecule has 0 aliphatic carbocycles. The topological polar surface area (TPSA) is 84.0 Å². The van der Waals surface area contributed by atoms with Crippen LogP contribution in [0, 0.1) is 18.3 Å². The lowest BCUT2D eigenvalue weighted by atomic mass is 9.86. The van der Waals surface area contributed by atoms with Crippen LogP contribution in [0.15, 0.2) is 24.3 Å². The van der Waals surface area contributed by atoms with E-state index in [-0.39, 0.29) is 0 Å². The fourth-order valence-corrected chi connectivity index (χ4v) is 4.77. The molecule has 1 aromatic carbocycles. The summed E-state index contributed by atoms with van der Waals surface area (Å²) in [5, 5.41) is 13.2. The molecule has 0 amide bonds. The van der Waals surface area contributed by atoms with Crippen LogP contribution in [-0.4, -0.2) is 30.8 Å². The Balaban J connectivity index is 1.72. The number of nitriles is 1. The van der Waals surface area contributed by atoms with Crippen LogP contribution in [0.3, 0.4) is 0 Å². The molecule has 0 radical (unpaired) electrons. The summed E-state index contributed by atoms with van der Waals surface area (Å²) in [6, 6.07) is 10.8. The minimum absolute atomic E-state index is 0.307. The summed E-state index contributed by atoms with van der Waals surface area (Å²) in [6.07, 6.45) is 6.87. The molecule has 0 bridgehead atoms. The molecular weight excluding hydrogens is 360 g/mol. The van der Waals surface area contributed by atoms with Gasteiger partial charge in [-0.2, -0.15) is 5.26 Å². The quantitative estimate of drug-likeness (QED) is 0.803. The summed E-state index contributed by atoms with van der Waals surface area (Å²) in [5.74, 6) is 0.653. The third-order valence-corrected chi connectivity index (χ3v) is 6.30. The number of nitrogens with two attached hydrogens (primary N) is 1. The number of aromatic nitrogens is 1. The SMILES string of the molecule is Cc1cccc(CCC2CCCO2)c1-c1cc(C2CCCNC2)c(C#N)c(N)n1. The van der Waals surface area contributed by atoms with Crippen molar-refractivity contribution in [1.82, 2.24) is 10.3 Å². The zero-order valence-corrected chi connectivity index (χ0v) is 17.2. The van der Waals surface area contributed by atoms with Crippen LogP contribution in [0.5, 0.6) is 0 Å². The highest BCUT2D eigenvalue weighted by Crippen LogP contribution is 2.35. The molecule has 0 saturated carbocycles. The molecule has 2 fully saturated rings. The first-order chi connectivity index (χ1) is 14.2. The van der Waals surface area contributed by atoms with Crippen LogP contribution in [-0.2, 0) is 11.2 Å². The number of piperidine rings is 1. The molecular formula is C24H30N4O. The highest BCUT2D eigenvalue weighted by Gasteiger charge is 2.23. The third kappa shape index (κ3) is 4.29. The number of hydrogen-bond acceptors (Lipinski definition) is 5.